The molecule has 1 aromatic rings. The molecule has 0 saturated heterocycles. The zero-order valence-corrected chi connectivity index (χ0v) is 15.0. The Balaban J connectivity index is 2.43. The summed E-state index contributed by atoms with van der Waals surface area (Å²) in [5.74, 6) is 2.74. The van der Waals surface area contributed by atoms with Crippen molar-refractivity contribution in [3.63, 3.8) is 0 Å². The van der Waals surface area contributed by atoms with Crippen molar-refractivity contribution in [3.05, 3.63) is 34.9 Å². The molecule has 0 amide bonds. The third kappa shape index (κ3) is 3.16. The molecule has 1 unspecified atom stereocenters. The SMILES string of the molecule is C=CCOc1c(C)c(C)c2c(c1C)CCC(C)(CC(C)C)O2. The third-order valence-electron chi connectivity index (χ3n) is 4.75. The lowest BCUT2D eigenvalue weighted by Gasteiger charge is -2.39. The van der Waals surface area contributed by atoms with E-state index in [2.05, 4.69) is 48.1 Å². The van der Waals surface area contributed by atoms with Gasteiger partial charge in [0, 0.05) is 5.56 Å². The Kier molecular flexibility index (Phi) is 4.89. The predicted molar refractivity (Wildman–Crippen MR) is 93.2 cm³/mol. The molecule has 0 saturated carbocycles. The minimum absolute atomic E-state index is 0.0473. The highest BCUT2D eigenvalue weighted by atomic mass is 16.5. The molecule has 1 atom stereocenters. The Morgan fingerprint density at radius 3 is 2.50 bits per heavy atom. The van der Waals surface area contributed by atoms with Crippen LogP contribution in [0.4, 0.5) is 0 Å². The van der Waals surface area contributed by atoms with Crippen LogP contribution >= 0.6 is 0 Å². The number of rotatable bonds is 5. The highest BCUT2D eigenvalue weighted by Crippen LogP contribution is 2.45. The van der Waals surface area contributed by atoms with E-state index in [0.717, 1.165) is 30.8 Å². The Morgan fingerprint density at radius 2 is 1.91 bits per heavy atom. The van der Waals surface area contributed by atoms with Crippen LogP contribution in [0.5, 0.6) is 11.5 Å². The maximum atomic E-state index is 6.51. The maximum Gasteiger partial charge on any atom is 0.127 e. The van der Waals surface area contributed by atoms with Gasteiger partial charge in [-0.15, -0.1) is 0 Å². The summed E-state index contributed by atoms with van der Waals surface area (Å²) in [6.45, 7) is 17.5. The molecule has 1 heterocycles. The van der Waals surface area contributed by atoms with E-state index in [1.165, 1.54) is 22.3 Å². The van der Waals surface area contributed by atoms with Crippen LogP contribution in [0.2, 0.25) is 0 Å². The van der Waals surface area contributed by atoms with Gasteiger partial charge in [-0.05, 0) is 69.6 Å². The fourth-order valence-electron chi connectivity index (χ4n) is 3.65. The Hall–Kier alpha value is -1.44. The van der Waals surface area contributed by atoms with Crippen LogP contribution in [0.1, 0.15) is 55.9 Å². The first kappa shape index (κ1) is 16.9. The van der Waals surface area contributed by atoms with Gasteiger partial charge >= 0.3 is 0 Å². The van der Waals surface area contributed by atoms with E-state index in [9.17, 15) is 0 Å². The average Bonchev–Trinajstić information content (AvgIpc) is 2.43. The number of benzene rings is 1. The molecule has 1 aromatic carbocycles. The lowest BCUT2D eigenvalue weighted by Crippen LogP contribution is -2.38. The van der Waals surface area contributed by atoms with Gasteiger partial charge in [0.25, 0.3) is 0 Å². The summed E-state index contributed by atoms with van der Waals surface area (Å²) >= 11 is 0. The van der Waals surface area contributed by atoms with Crippen LogP contribution in [-0.4, -0.2) is 12.2 Å². The van der Waals surface area contributed by atoms with Crippen LogP contribution in [0.25, 0.3) is 0 Å². The Bertz CT molecular complexity index is 572. The number of hydrogen-bond acceptors (Lipinski definition) is 2. The summed E-state index contributed by atoms with van der Waals surface area (Å²) in [5.41, 5.74) is 4.91. The Morgan fingerprint density at radius 1 is 1.23 bits per heavy atom. The van der Waals surface area contributed by atoms with Gasteiger partial charge in [-0.25, -0.2) is 0 Å². The van der Waals surface area contributed by atoms with Crippen LogP contribution in [0.3, 0.4) is 0 Å². The second-order valence-corrected chi connectivity index (χ2v) is 7.26. The van der Waals surface area contributed by atoms with E-state index in [0.29, 0.717) is 12.5 Å². The normalized spacial score (nSPS) is 20.5. The van der Waals surface area contributed by atoms with Crippen LogP contribution in [0.15, 0.2) is 12.7 Å². The molecule has 122 valence electrons. The molecule has 0 aliphatic carbocycles. The molecule has 2 heteroatoms. The third-order valence-corrected chi connectivity index (χ3v) is 4.75. The molecule has 2 rings (SSSR count). The lowest BCUT2D eigenvalue weighted by molar-refractivity contribution is 0.0428. The van der Waals surface area contributed by atoms with E-state index >= 15 is 0 Å². The van der Waals surface area contributed by atoms with Crippen LogP contribution in [0, 0.1) is 26.7 Å². The summed E-state index contributed by atoms with van der Waals surface area (Å²) in [4.78, 5) is 0. The molecule has 0 bridgehead atoms. The molecule has 2 nitrogen and oxygen atoms in total. The molecule has 0 fully saturated rings. The smallest absolute Gasteiger partial charge is 0.127 e. The van der Waals surface area contributed by atoms with Crippen molar-refractivity contribution in [3.8, 4) is 11.5 Å². The minimum Gasteiger partial charge on any atom is -0.489 e. The van der Waals surface area contributed by atoms with Crippen molar-refractivity contribution < 1.29 is 9.47 Å². The largest absolute Gasteiger partial charge is 0.489 e. The zero-order chi connectivity index (χ0) is 16.5. The lowest BCUT2D eigenvalue weighted by atomic mass is 9.83. The molecule has 1 aliphatic heterocycles. The van der Waals surface area contributed by atoms with Gasteiger partial charge in [-0.3, -0.25) is 0 Å². The van der Waals surface area contributed by atoms with Crippen molar-refractivity contribution >= 4 is 0 Å². The molecule has 0 spiro atoms. The van der Waals surface area contributed by atoms with E-state index in [1.54, 1.807) is 6.08 Å². The monoisotopic (exact) mass is 302 g/mol. The van der Waals surface area contributed by atoms with Crippen molar-refractivity contribution in [2.24, 2.45) is 5.92 Å². The van der Waals surface area contributed by atoms with Crippen molar-refractivity contribution in [1.82, 2.24) is 0 Å². The van der Waals surface area contributed by atoms with E-state index in [-0.39, 0.29) is 5.60 Å². The molecular weight excluding hydrogens is 272 g/mol. The first-order valence-corrected chi connectivity index (χ1v) is 8.34. The minimum atomic E-state index is -0.0473. The summed E-state index contributed by atoms with van der Waals surface area (Å²) in [5, 5.41) is 0. The first-order chi connectivity index (χ1) is 10.3. The zero-order valence-electron chi connectivity index (χ0n) is 15.0. The maximum absolute atomic E-state index is 6.51. The highest BCUT2D eigenvalue weighted by molar-refractivity contribution is 5.59. The van der Waals surface area contributed by atoms with E-state index < -0.39 is 0 Å². The molecule has 22 heavy (non-hydrogen) atoms. The van der Waals surface area contributed by atoms with Crippen LogP contribution < -0.4 is 9.47 Å². The standard InChI is InChI=1S/C20H30O2/c1-8-11-21-18-14(4)15(5)19-17(16(18)6)9-10-20(7,22-19)12-13(2)3/h8,13H,1,9-12H2,2-7H3. The first-order valence-electron chi connectivity index (χ1n) is 8.34. The van der Waals surface area contributed by atoms with Gasteiger partial charge in [-0.2, -0.15) is 0 Å². The second kappa shape index (κ2) is 6.36. The summed E-state index contributed by atoms with van der Waals surface area (Å²) < 4.78 is 12.4. The van der Waals surface area contributed by atoms with Gasteiger partial charge in [0.2, 0.25) is 0 Å². The summed E-state index contributed by atoms with van der Waals surface area (Å²) in [6, 6.07) is 0. The van der Waals surface area contributed by atoms with Crippen molar-refractivity contribution in [1.29, 1.82) is 0 Å². The van der Waals surface area contributed by atoms with Crippen molar-refractivity contribution in [2.75, 3.05) is 6.61 Å². The topological polar surface area (TPSA) is 18.5 Å². The van der Waals surface area contributed by atoms with Crippen molar-refractivity contribution in [2.45, 2.75) is 66.4 Å². The van der Waals surface area contributed by atoms with Gasteiger partial charge in [0.05, 0.1) is 0 Å². The average molecular weight is 302 g/mol. The number of fused-ring (bicyclic) bond motifs is 1. The highest BCUT2D eigenvalue weighted by Gasteiger charge is 2.35. The van der Waals surface area contributed by atoms with Gasteiger partial charge in [0.1, 0.15) is 23.7 Å². The quantitative estimate of drug-likeness (QED) is 0.687. The molecule has 0 aromatic heterocycles. The predicted octanol–water partition coefficient (Wildman–Crippen LogP) is 5.31. The summed E-state index contributed by atoms with van der Waals surface area (Å²) in [7, 11) is 0. The summed E-state index contributed by atoms with van der Waals surface area (Å²) in [6.07, 6.45) is 5.03. The van der Waals surface area contributed by atoms with E-state index in [1.807, 2.05) is 0 Å². The molecular formula is C20H30O2. The molecule has 0 radical (unpaired) electrons. The Labute approximate surface area is 135 Å². The second-order valence-electron chi connectivity index (χ2n) is 7.26. The number of hydrogen-bond donors (Lipinski definition) is 0. The van der Waals surface area contributed by atoms with Gasteiger partial charge in [0.15, 0.2) is 0 Å². The van der Waals surface area contributed by atoms with Crippen LogP contribution in [-0.2, 0) is 6.42 Å². The molecule has 1 aliphatic rings. The fourth-order valence-corrected chi connectivity index (χ4v) is 3.65. The van der Waals surface area contributed by atoms with Gasteiger partial charge in [-0.1, -0.05) is 26.5 Å². The number of ether oxygens (including phenoxy) is 2. The van der Waals surface area contributed by atoms with E-state index in [4.69, 9.17) is 9.47 Å². The molecule has 0 N–H and O–H groups in total. The van der Waals surface area contributed by atoms with Gasteiger partial charge < -0.3 is 9.47 Å². The fraction of sp³-hybridized carbons (Fsp3) is 0.600.